The van der Waals surface area contributed by atoms with Gasteiger partial charge >= 0.3 is 0 Å². The summed E-state index contributed by atoms with van der Waals surface area (Å²) in [5.74, 6) is 1.03. The highest BCUT2D eigenvalue weighted by atomic mass is 35.5. The summed E-state index contributed by atoms with van der Waals surface area (Å²) in [6.07, 6.45) is 3.45. The highest BCUT2D eigenvalue weighted by Crippen LogP contribution is 2.51. The van der Waals surface area contributed by atoms with E-state index in [-0.39, 0.29) is 17.3 Å². The monoisotopic (exact) mass is 347 g/mol. The molecule has 0 saturated heterocycles. The summed E-state index contributed by atoms with van der Waals surface area (Å²) in [4.78, 5) is 2.17. The predicted molar refractivity (Wildman–Crippen MR) is 93.9 cm³/mol. The van der Waals surface area contributed by atoms with E-state index in [4.69, 9.17) is 23.2 Å². The van der Waals surface area contributed by atoms with Gasteiger partial charge in [0.1, 0.15) is 0 Å². The number of rotatable bonds is 7. The third-order valence-corrected chi connectivity index (χ3v) is 6.54. The van der Waals surface area contributed by atoms with Gasteiger partial charge in [-0.05, 0) is 44.6 Å². The first kappa shape index (κ1) is 17.4. The number of thioether (sulfide) groups is 1. The first-order valence-electron chi connectivity index (χ1n) is 7.32. The second-order valence-corrected chi connectivity index (χ2v) is 8.11. The minimum atomic E-state index is 0.0555. The van der Waals surface area contributed by atoms with E-state index in [1.54, 1.807) is 0 Å². The van der Waals surface area contributed by atoms with Gasteiger partial charge in [-0.3, -0.25) is 0 Å². The zero-order valence-corrected chi connectivity index (χ0v) is 14.9. The Kier molecular flexibility index (Phi) is 6.27. The van der Waals surface area contributed by atoms with Crippen LogP contribution in [0.15, 0.2) is 18.2 Å². The van der Waals surface area contributed by atoms with E-state index in [0.717, 1.165) is 25.1 Å². The summed E-state index contributed by atoms with van der Waals surface area (Å²) in [5.41, 5.74) is 1.28. The normalized spacial score (nSPS) is 18.6. The second-order valence-electron chi connectivity index (χ2n) is 5.98. The SMILES string of the molecule is CN(C)CCSC(CO)C1(c2ccc(Cl)c(Cl)c2)CCC1. The third kappa shape index (κ3) is 3.89. The molecule has 21 heavy (non-hydrogen) atoms. The van der Waals surface area contributed by atoms with Crippen LogP contribution in [0.5, 0.6) is 0 Å². The van der Waals surface area contributed by atoms with E-state index in [1.807, 2.05) is 23.9 Å². The van der Waals surface area contributed by atoms with E-state index in [1.165, 1.54) is 12.0 Å². The van der Waals surface area contributed by atoms with Gasteiger partial charge in [-0.15, -0.1) is 0 Å². The van der Waals surface area contributed by atoms with E-state index in [0.29, 0.717) is 10.0 Å². The Morgan fingerprint density at radius 2 is 2.00 bits per heavy atom. The fraction of sp³-hybridized carbons (Fsp3) is 0.625. The van der Waals surface area contributed by atoms with E-state index < -0.39 is 0 Å². The number of hydrogen-bond acceptors (Lipinski definition) is 3. The number of nitrogens with zero attached hydrogens (tertiary/aromatic N) is 1. The summed E-state index contributed by atoms with van der Waals surface area (Å²) in [7, 11) is 4.15. The largest absolute Gasteiger partial charge is 0.395 e. The number of aliphatic hydroxyl groups excluding tert-OH is 1. The lowest BCUT2D eigenvalue weighted by Crippen LogP contribution is -2.46. The third-order valence-electron chi connectivity index (χ3n) is 4.38. The Bertz CT molecular complexity index is 477. The van der Waals surface area contributed by atoms with Gasteiger partial charge in [-0.1, -0.05) is 35.7 Å². The van der Waals surface area contributed by atoms with Crippen LogP contribution in [-0.4, -0.2) is 48.3 Å². The molecular weight excluding hydrogens is 325 g/mol. The molecule has 1 unspecified atom stereocenters. The number of hydrogen-bond donors (Lipinski definition) is 1. The molecule has 0 spiro atoms. The molecule has 5 heteroatoms. The van der Waals surface area contributed by atoms with E-state index >= 15 is 0 Å². The first-order valence-corrected chi connectivity index (χ1v) is 9.13. The molecule has 0 amide bonds. The number of aliphatic hydroxyl groups is 1. The van der Waals surface area contributed by atoms with E-state index in [2.05, 4.69) is 25.1 Å². The smallest absolute Gasteiger partial charge is 0.0595 e. The standard InChI is InChI=1S/C16H23Cl2NOS/c1-19(2)8-9-21-15(11-20)16(6-3-7-16)12-4-5-13(17)14(18)10-12/h4-5,10,15,20H,3,6-9,11H2,1-2H3. The van der Waals surface area contributed by atoms with Gasteiger partial charge in [0.25, 0.3) is 0 Å². The van der Waals surface area contributed by atoms with E-state index in [9.17, 15) is 5.11 Å². The maximum atomic E-state index is 9.88. The highest BCUT2D eigenvalue weighted by molar-refractivity contribution is 8.00. The van der Waals surface area contributed by atoms with Crippen molar-refractivity contribution in [1.82, 2.24) is 4.90 Å². The van der Waals surface area contributed by atoms with Crippen molar-refractivity contribution >= 4 is 35.0 Å². The van der Waals surface area contributed by atoms with Crippen molar-refractivity contribution in [3.8, 4) is 0 Å². The molecule has 0 aromatic heterocycles. The molecule has 1 aromatic carbocycles. The molecule has 0 aliphatic heterocycles. The average Bonchev–Trinajstić information content (AvgIpc) is 2.39. The van der Waals surface area contributed by atoms with Crippen LogP contribution in [-0.2, 0) is 5.41 Å². The van der Waals surface area contributed by atoms with Crippen LogP contribution < -0.4 is 0 Å². The van der Waals surface area contributed by atoms with Crippen molar-refractivity contribution in [3.05, 3.63) is 33.8 Å². The fourth-order valence-corrected chi connectivity index (χ4v) is 4.77. The Hall–Kier alpha value is 0.0700. The van der Waals surface area contributed by atoms with Gasteiger partial charge in [0.15, 0.2) is 0 Å². The molecule has 1 aliphatic carbocycles. The zero-order valence-electron chi connectivity index (χ0n) is 12.6. The van der Waals surface area contributed by atoms with Crippen LogP contribution in [0.2, 0.25) is 10.0 Å². The minimum Gasteiger partial charge on any atom is -0.395 e. The molecule has 1 aromatic rings. The molecular formula is C16H23Cl2NOS. The van der Waals surface area contributed by atoms with Crippen molar-refractivity contribution < 1.29 is 5.11 Å². The van der Waals surface area contributed by atoms with Gasteiger partial charge in [0.2, 0.25) is 0 Å². The maximum absolute atomic E-state index is 9.88. The molecule has 118 valence electrons. The summed E-state index contributed by atoms with van der Waals surface area (Å²) in [5, 5.41) is 11.3. The molecule has 1 fully saturated rings. The fourth-order valence-electron chi connectivity index (χ4n) is 2.92. The molecule has 1 N–H and O–H groups in total. The summed E-state index contributed by atoms with van der Waals surface area (Å²) >= 11 is 14.1. The molecule has 1 atom stereocenters. The van der Waals surface area contributed by atoms with Gasteiger partial charge in [-0.2, -0.15) is 11.8 Å². The summed E-state index contributed by atoms with van der Waals surface area (Å²) in [6.45, 7) is 1.23. The van der Waals surface area contributed by atoms with Crippen LogP contribution in [0.3, 0.4) is 0 Å². The van der Waals surface area contributed by atoms with Crippen molar-refractivity contribution in [2.24, 2.45) is 0 Å². The molecule has 0 heterocycles. The lowest BCUT2D eigenvalue weighted by Gasteiger charge is -2.47. The topological polar surface area (TPSA) is 23.5 Å². The molecule has 2 rings (SSSR count). The van der Waals surface area contributed by atoms with Crippen LogP contribution in [0.4, 0.5) is 0 Å². The Morgan fingerprint density at radius 3 is 2.48 bits per heavy atom. The number of benzene rings is 1. The Balaban J connectivity index is 2.16. The predicted octanol–water partition coefficient (Wildman–Crippen LogP) is 4.07. The van der Waals surface area contributed by atoms with Crippen LogP contribution in [0, 0.1) is 0 Å². The Labute approximate surface area is 141 Å². The molecule has 2 nitrogen and oxygen atoms in total. The van der Waals surface area contributed by atoms with Gasteiger partial charge in [0.05, 0.1) is 16.7 Å². The number of halogens is 2. The Morgan fingerprint density at radius 1 is 1.29 bits per heavy atom. The van der Waals surface area contributed by atoms with Gasteiger partial charge < -0.3 is 10.0 Å². The van der Waals surface area contributed by atoms with Crippen LogP contribution in [0.25, 0.3) is 0 Å². The zero-order chi connectivity index (χ0) is 15.5. The van der Waals surface area contributed by atoms with Crippen molar-refractivity contribution in [2.45, 2.75) is 29.9 Å². The van der Waals surface area contributed by atoms with Gasteiger partial charge in [0, 0.05) is 23.0 Å². The molecule has 1 saturated carbocycles. The highest BCUT2D eigenvalue weighted by Gasteiger charge is 2.45. The van der Waals surface area contributed by atoms with Crippen molar-refractivity contribution in [3.63, 3.8) is 0 Å². The average molecular weight is 348 g/mol. The maximum Gasteiger partial charge on any atom is 0.0595 e. The quantitative estimate of drug-likeness (QED) is 0.803. The van der Waals surface area contributed by atoms with Crippen LogP contribution in [0.1, 0.15) is 24.8 Å². The van der Waals surface area contributed by atoms with Crippen LogP contribution >= 0.6 is 35.0 Å². The van der Waals surface area contributed by atoms with Crippen molar-refractivity contribution in [1.29, 1.82) is 0 Å². The molecule has 0 bridgehead atoms. The summed E-state index contributed by atoms with van der Waals surface area (Å²) < 4.78 is 0. The molecule has 1 aliphatic rings. The van der Waals surface area contributed by atoms with Gasteiger partial charge in [-0.25, -0.2) is 0 Å². The molecule has 0 radical (unpaired) electrons. The lowest BCUT2D eigenvalue weighted by molar-refractivity contribution is 0.176. The minimum absolute atomic E-state index is 0.0555. The lowest BCUT2D eigenvalue weighted by atomic mass is 9.62. The van der Waals surface area contributed by atoms with Crippen molar-refractivity contribution in [2.75, 3.05) is 33.0 Å². The second kappa shape index (κ2) is 7.56. The summed E-state index contributed by atoms with van der Waals surface area (Å²) in [6, 6.07) is 5.93. The first-order chi connectivity index (χ1) is 9.99.